The van der Waals surface area contributed by atoms with Gasteiger partial charge in [-0.1, -0.05) is 321 Å². The van der Waals surface area contributed by atoms with E-state index >= 15 is 0 Å². The van der Waals surface area contributed by atoms with E-state index in [1.165, 1.54) is 308 Å². The first-order chi connectivity index (χ1) is 34.6. The van der Waals surface area contributed by atoms with Crippen LogP contribution in [0.3, 0.4) is 0 Å². The Labute approximate surface area is 436 Å². The predicted octanol–water partition coefficient (Wildman–Crippen LogP) is 19.9. The number of rotatable bonds is 55. The Morgan fingerprint density at radius 1 is 0.371 bits per heavy atom. The van der Waals surface area contributed by atoms with Crippen molar-refractivity contribution in [2.75, 3.05) is 26.4 Å². The predicted molar refractivity (Wildman–Crippen MR) is 302 cm³/mol. The van der Waals surface area contributed by atoms with Crippen LogP contribution in [0.2, 0.25) is 0 Å². The summed E-state index contributed by atoms with van der Waals surface area (Å²) in [6, 6.07) is 0. The van der Waals surface area contributed by atoms with Crippen LogP contribution >= 0.6 is 0 Å². The third-order valence-corrected chi connectivity index (χ3v) is 15.8. The normalized spacial score (nSPS) is 15.3. The fourth-order valence-electron chi connectivity index (χ4n) is 10.6. The minimum atomic E-state index is -1.13. The zero-order valence-electron chi connectivity index (χ0n) is 47.1. The fourth-order valence-corrected chi connectivity index (χ4v) is 10.6. The number of hydrogen-bond donors (Lipinski definition) is 2. The van der Waals surface area contributed by atoms with E-state index in [4.69, 9.17) is 9.47 Å². The van der Waals surface area contributed by atoms with Crippen molar-refractivity contribution in [1.82, 2.24) is 0 Å². The van der Waals surface area contributed by atoms with Gasteiger partial charge in [0.2, 0.25) is 0 Å². The summed E-state index contributed by atoms with van der Waals surface area (Å²) in [5.74, 6) is -1.41. The van der Waals surface area contributed by atoms with Crippen LogP contribution in [0.15, 0.2) is 12.2 Å². The van der Waals surface area contributed by atoms with Crippen LogP contribution in [0.5, 0.6) is 0 Å². The highest BCUT2D eigenvalue weighted by Crippen LogP contribution is 2.25. The van der Waals surface area contributed by atoms with Crippen molar-refractivity contribution in [1.29, 1.82) is 0 Å². The molecular weight excluding hydrogens is 865 g/mol. The van der Waals surface area contributed by atoms with Crippen LogP contribution in [0.1, 0.15) is 347 Å². The molecule has 1 fully saturated rings. The number of unbranched alkanes of at least 4 members (excludes halogenated alkanes) is 49. The first kappa shape index (κ1) is 66.6. The zero-order chi connectivity index (χ0) is 50.4. The van der Waals surface area contributed by atoms with Gasteiger partial charge < -0.3 is 19.7 Å². The molecule has 70 heavy (non-hydrogen) atoms. The molecule has 1 rings (SSSR count). The Morgan fingerprint density at radius 3 is 0.886 bits per heavy atom. The average molecular weight is 988 g/mol. The summed E-state index contributed by atoms with van der Waals surface area (Å²) < 4.78 is 10.6. The lowest BCUT2D eigenvalue weighted by Gasteiger charge is -2.27. The Morgan fingerprint density at radius 2 is 0.614 bits per heavy atom. The maximum atomic E-state index is 12.5. The molecule has 2 N–H and O–H groups in total. The SMILES string of the molecule is CCCCCCCCCCCCCCCCCCCCCCCCCCCCCCCCCCCCCCCCCCCC/C=C/CCCCCCCCCC1CC(=O)OCC(CO)(CO)COC1=O. The lowest BCUT2D eigenvalue weighted by atomic mass is 9.92. The average Bonchev–Trinajstić information content (AvgIpc) is 3.43. The van der Waals surface area contributed by atoms with Crippen LogP contribution < -0.4 is 0 Å². The molecule has 0 aromatic heterocycles. The van der Waals surface area contributed by atoms with E-state index in [0.29, 0.717) is 6.42 Å². The van der Waals surface area contributed by atoms with Gasteiger partial charge >= 0.3 is 11.9 Å². The molecule has 0 radical (unpaired) electrons. The number of ether oxygens (including phenoxy) is 2. The largest absolute Gasteiger partial charge is 0.465 e. The van der Waals surface area contributed by atoms with Crippen LogP contribution in [0.4, 0.5) is 0 Å². The molecule has 1 heterocycles. The topological polar surface area (TPSA) is 93.1 Å². The second-order valence-corrected chi connectivity index (χ2v) is 22.8. The molecule has 0 aromatic rings. The summed E-state index contributed by atoms with van der Waals surface area (Å²) in [5.41, 5.74) is -1.13. The molecule has 1 unspecified atom stereocenters. The lowest BCUT2D eigenvalue weighted by molar-refractivity contribution is -0.155. The van der Waals surface area contributed by atoms with Gasteiger partial charge in [0, 0.05) is 0 Å². The molecule has 0 bridgehead atoms. The molecule has 1 aliphatic heterocycles. The Balaban J connectivity index is 1.69. The third-order valence-electron chi connectivity index (χ3n) is 15.8. The van der Waals surface area contributed by atoms with E-state index in [0.717, 1.165) is 19.3 Å². The van der Waals surface area contributed by atoms with E-state index in [1.807, 2.05) is 0 Å². The number of cyclic esters (lactones) is 2. The number of carbonyl (C=O) groups is 2. The molecule has 0 saturated carbocycles. The van der Waals surface area contributed by atoms with Crippen molar-refractivity contribution in [2.45, 2.75) is 347 Å². The molecule has 6 nitrogen and oxygen atoms in total. The quantitative estimate of drug-likeness (QED) is 0.0358. The Hall–Kier alpha value is -1.40. The zero-order valence-corrected chi connectivity index (χ0v) is 47.1. The van der Waals surface area contributed by atoms with Crippen molar-refractivity contribution < 1.29 is 29.3 Å². The molecule has 414 valence electrons. The van der Waals surface area contributed by atoms with Gasteiger partial charge in [-0.05, 0) is 32.1 Å². The summed E-state index contributed by atoms with van der Waals surface area (Å²) in [6.07, 6.45) is 77.2. The van der Waals surface area contributed by atoms with E-state index in [-0.39, 0.29) is 19.6 Å². The number of allylic oxidation sites excluding steroid dienone is 2. The summed E-state index contributed by atoms with van der Waals surface area (Å²) in [4.78, 5) is 24.7. The minimum absolute atomic E-state index is 0.000860. The second-order valence-electron chi connectivity index (χ2n) is 22.8. The van der Waals surface area contributed by atoms with Gasteiger partial charge in [-0.3, -0.25) is 9.59 Å². The van der Waals surface area contributed by atoms with E-state index in [1.54, 1.807) is 0 Å². The van der Waals surface area contributed by atoms with Crippen LogP contribution in [0.25, 0.3) is 0 Å². The van der Waals surface area contributed by atoms with E-state index < -0.39 is 36.5 Å². The highest BCUT2D eigenvalue weighted by Gasteiger charge is 2.36. The molecule has 0 amide bonds. The van der Waals surface area contributed by atoms with Crippen molar-refractivity contribution in [2.24, 2.45) is 11.3 Å². The maximum absolute atomic E-state index is 12.5. The highest BCUT2D eigenvalue weighted by atomic mass is 16.6. The van der Waals surface area contributed by atoms with Crippen LogP contribution in [-0.4, -0.2) is 48.6 Å². The monoisotopic (exact) mass is 987 g/mol. The first-order valence-electron chi connectivity index (χ1n) is 31.8. The summed E-state index contributed by atoms with van der Waals surface area (Å²) in [7, 11) is 0. The van der Waals surface area contributed by atoms with Crippen molar-refractivity contribution in [3.05, 3.63) is 12.2 Å². The summed E-state index contributed by atoms with van der Waals surface area (Å²) >= 11 is 0. The maximum Gasteiger partial charge on any atom is 0.309 e. The van der Waals surface area contributed by atoms with Gasteiger partial charge in [0.05, 0.1) is 31.0 Å². The van der Waals surface area contributed by atoms with Gasteiger partial charge in [0.1, 0.15) is 13.2 Å². The number of esters is 2. The number of aliphatic hydroxyl groups is 2. The Kier molecular flexibility index (Phi) is 51.3. The number of hydrogen-bond acceptors (Lipinski definition) is 6. The molecule has 1 atom stereocenters. The second kappa shape index (κ2) is 53.9. The van der Waals surface area contributed by atoms with Crippen molar-refractivity contribution in [3.63, 3.8) is 0 Å². The van der Waals surface area contributed by atoms with Gasteiger partial charge in [-0.2, -0.15) is 0 Å². The van der Waals surface area contributed by atoms with E-state index in [9.17, 15) is 19.8 Å². The van der Waals surface area contributed by atoms with Crippen LogP contribution in [0, 0.1) is 11.3 Å². The number of aliphatic hydroxyl groups excluding tert-OH is 2. The Bertz CT molecular complexity index is 1100. The van der Waals surface area contributed by atoms with Crippen molar-refractivity contribution >= 4 is 11.9 Å². The molecular formula is C64H122O6. The fraction of sp³-hybridized carbons (Fsp3) is 0.938. The third kappa shape index (κ3) is 45.2. The van der Waals surface area contributed by atoms with Gasteiger partial charge in [-0.15, -0.1) is 0 Å². The molecule has 1 saturated heterocycles. The minimum Gasteiger partial charge on any atom is -0.465 e. The molecule has 0 spiro atoms. The summed E-state index contributed by atoms with van der Waals surface area (Å²) in [5, 5.41) is 19.2. The molecule has 0 aliphatic carbocycles. The first-order valence-corrected chi connectivity index (χ1v) is 31.8. The standard InChI is InChI=1S/C64H122O6/c1-2-3-4-5-6-7-8-9-10-11-12-13-14-15-16-17-18-19-20-21-22-23-24-25-26-27-28-29-30-31-32-33-34-35-36-37-38-39-40-41-42-43-44-45-46-47-48-49-50-51-52-53-54-55-61-56-62(67)69-59-64(57-65,58-66)60-70-63(61)68/h45-46,61,65-66H,2-44,47-60H2,1H3/b46-45+. The highest BCUT2D eigenvalue weighted by molar-refractivity contribution is 5.80. The van der Waals surface area contributed by atoms with E-state index in [2.05, 4.69) is 19.1 Å². The smallest absolute Gasteiger partial charge is 0.309 e. The lowest BCUT2D eigenvalue weighted by Crippen LogP contribution is -2.40. The summed E-state index contributed by atoms with van der Waals surface area (Å²) in [6.45, 7) is 1.20. The van der Waals surface area contributed by atoms with Crippen molar-refractivity contribution in [3.8, 4) is 0 Å². The number of carbonyl (C=O) groups excluding carboxylic acids is 2. The van der Waals surface area contributed by atoms with Gasteiger partial charge in [0.15, 0.2) is 0 Å². The molecule has 1 aliphatic rings. The van der Waals surface area contributed by atoms with Gasteiger partial charge in [-0.25, -0.2) is 0 Å². The van der Waals surface area contributed by atoms with Gasteiger partial charge in [0.25, 0.3) is 0 Å². The molecule has 6 heteroatoms. The van der Waals surface area contributed by atoms with Crippen LogP contribution in [-0.2, 0) is 19.1 Å². The molecule has 0 aromatic carbocycles.